The molecule has 0 aliphatic heterocycles. The summed E-state index contributed by atoms with van der Waals surface area (Å²) in [6, 6.07) is 12.6. The van der Waals surface area contributed by atoms with Gasteiger partial charge >= 0.3 is 0 Å². The van der Waals surface area contributed by atoms with Gasteiger partial charge in [-0.2, -0.15) is 4.98 Å². The summed E-state index contributed by atoms with van der Waals surface area (Å²) in [5.41, 5.74) is 0.658. The fraction of sp³-hybridized carbons (Fsp3) is 0.125. The van der Waals surface area contributed by atoms with Gasteiger partial charge in [-0.15, -0.1) is 0 Å². The number of halogens is 2. The summed E-state index contributed by atoms with van der Waals surface area (Å²) >= 11 is 5.96. The number of sulfonamides is 1. The summed E-state index contributed by atoms with van der Waals surface area (Å²) in [5, 5.41) is 4.03. The van der Waals surface area contributed by atoms with E-state index in [0.717, 1.165) is 0 Å². The van der Waals surface area contributed by atoms with Crippen molar-refractivity contribution >= 4 is 21.6 Å². The predicted octanol–water partition coefficient (Wildman–Crippen LogP) is 3.15. The Balaban J connectivity index is 1.68. The van der Waals surface area contributed by atoms with E-state index in [1.165, 1.54) is 12.1 Å². The van der Waals surface area contributed by atoms with E-state index in [9.17, 15) is 12.8 Å². The quantitative estimate of drug-likeness (QED) is 0.709. The SMILES string of the molecule is O=S(=O)(Cc1ccccc1Cl)NCc1nc(-c2ccccc2F)no1. The maximum Gasteiger partial charge on any atom is 0.242 e. The lowest BCUT2D eigenvalue weighted by molar-refractivity contribution is 0.375. The van der Waals surface area contributed by atoms with Gasteiger partial charge in [-0.1, -0.05) is 47.1 Å². The first kappa shape index (κ1) is 17.5. The van der Waals surface area contributed by atoms with Crippen molar-refractivity contribution in [1.82, 2.24) is 14.9 Å². The standard InChI is InChI=1S/C16H13ClFN3O3S/c17-13-7-3-1-5-11(13)10-25(22,23)19-9-15-20-16(21-24-15)12-6-2-4-8-14(12)18/h1-8,19H,9-10H2. The minimum Gasteiger partial charge on any atom is -0.338 e. The van der Waals surface area contributed by atoms with Crippen molar-refractivity contribution in [3.8, 4) is 11.4 Å². The molecule has 3 rings (SSSR count). The number of benzene rings is 2. The van der Waals surface area contributed by atoms with Gasteiger partial charge in [-0.05, 0) is 23.8 Å². The Bertz CT molecular complexity index is 992. The van der Waals surface area contributed by atoms with Gasteiger partial charge in [0.2, 0.25) is 21.7 Å². The highest BCUT2D eigenvalue weighted by molar-refractivity contribution is 7.88. The first-order chi connectivity index (χ1) is 11.9. The second-order valence-electron chi connectivity index (χ2n) is 5.16. The Kier molecular flexibility index (Phi) is 5.12. The van der Waals surface area contributed by atoms with E-state index in [-0.39, 0.29) is 29.6 Å². The number of rotatable bonds is 6. The zero-order chi connectivity index (χ0) is 17.9. The van der Waals surface area contributed by atoms with Crippen LogP contribution in [0.25, 0.3) is 11.4 Å². The molecule has 0 saturated carbocycles. The van der Waals surface area contributed by atoms with Crippen LogP contribution in [0.2, 0.25) is 5.02 Å². The Hall–Kier alpha value is -2.29. The lowest BCUT2D eigenvalue weighted by Crippen LogP contribution is -2.25. The maximum absolute atomic E-state index is 13.7. The topological polar surface area (TPSA) is 85.1 Å². The zero-order valence-electron chi connectivity index (χ0n) is 12.8. The molecule has 6 nitrogen and oxygen atoms in total. The van der Waals surface area contributed by atoms with Crippen LogP contribution in [-0.4, -0.2) is 18.6 Å². The van der Waals surface area contributed by atoms with Crippen molar-refractivity contribution in [2.24, 2.45) is 0 Å². The molecule has 0 radical (unpaired) electrons. The van der Waals surface area contributed by atoms with Crippen LogP contribution < -0.4 is 4.72 Å². The molecule has 0 amide bonds. The molecule has 0 aliphatic carbocycles. The Morgan fingerprint density at radius 1 is 1.12 bits per heavy atom. The second-order valence-corrected chi connectivity index (χ2v) is 7.38. The van der Waals surface area contributed by atoms with Crippen molar-refractivity contribution in [3.05, 3.63) is 70.8 Å². The molecular weight excluding hydrogens is 369 g/mol. The van der Waals surface area contributed by atoms with Crippen LogP contribution in [0.3, 0.4) is 0 Å². The molecule has 0 spiro atoms. The monoisotopic (exact) mass is 381 g/mol. The van der Waals surface area contributed by atoms with Gasteiger partial charge in [0.1, 0.15) is 5.82 Å². The molecule has 0 atom stereocenters. The fourth-order valence-corrected chi connectivity index (χ4v) is 3.51. The molecule has 1 aromatic heterocycles. The highest BCUT2D eigenvalue weighted by Crippen LogP contribution is 2.20. The Labute approximate surface area is 148 Å². The van der Waals surface area contributed by atoms with Crippen molar-refractivity contribution in [2.75, 3.05) is 0 Å². The first-order valence-electron chi connectivity index (χ1n) is 7.23. The molecule has 0 unspecified atom stereocenters. The third kappa shape index (κ3) is 4.41. The third-order valence-corrected chi connectivity index (χ3v) is 4.97. The molecule has 3 aromatic rings. The van der Waals surface area contributed by atoms with Gasteiger partial charge in [0.05, 0.1) is 17.9 Å². The summed E-state index contributed by atoms with van der Waals surface area (Å²) in [7, 11) is -3.66. The lowest BCUT2D eigenvalue weighted by atomic mass is 10.2. The van der Waals surface area contributed by atoms with Crippen LogP contribution in [0, 0.1) is 5.82 Å². The third-order valence-electron chi connectivity index (χ3n) is 3.33. The summed E-state index contributed by atoms with van der Waals surface area (Å²) in [6.45, 7) is -0.200. The Morgan fingerprint density at radius 3 is 2.60 bits per heavy atom. The van der Waals surface area contributed by atoms with Crippen LogP contribution in [0.15, 0.2) is 53.1 Å². The number of aromatic nitrogens is 2. The lowest BCUT2D eigenvalue weighted by Gasteiger charge is -2.06. The predicted molar refractivity (Wildman–Crippen MR) is 90.6 cm³/mol. The van der Waals surface area contributed by atoms with Gasteiger partial charge in [-0.25, -0.2) is 17.5 Å². The van der Waals surface area contributed by atoms with Gasteiger partial charge in [0.15, 0.2) is 0 Å². The molecule has 0 aliphatic rings. The van der Waals surface area contributed by atoms with E-state index in [1.54, 1.807) is 36.4 Å². The summed E-state index contributed by atoms with van der Waals surface area (Å²) in [6.07, 6.45) is 0. The van der Waals surface area contributed by atoms with Crippen LogP contribution >= 0.6 is 11.6 Å². The molecule has 1 heterocycles. The van der Waals surface area contributed by atoms with E-state index in [4.69, 9.17) is 16.1 Å². The van der Waals surface area contributed by atoms with Gasteiger partial charge in [0, 0.05) is 5.02 Å². The van der Waals surface area contributed by atoms with E-state index < -0.39 is 15.8 Å². The summed E-state index contributed by atoms with van der Waals surface area (Å²) < 4.78 is 45.3. The highest BCUT2D eigenvalue weighted by Gasteiger charge is 2.17. The summed E-state index contributed by atoms with van der Waals surface area (Å²) in [5.74, 6) is -0.686. The first-order valence-corrected chi connectivity index (χ1v) is 9.26. The van der Waals surface area contributed by atoms with E-state index in [1.807, 2.05) is 0 Å². The van der Waals surface area contributed by atoms with Crippen LogP contribution in [0.1, 0.15) is 11.5 Å². The highest BCUT2D eigenvalue weighted by atomic mass is 35.5. The van der Waals surface area contributed by atoms with Crippen LogP contribution in [0.4, 0.5) is 4.39 Å². The van der Waals surface area contributed by atoms with Gasteiger partial charge in [-0.3, -0.25) is 0 Å². The molecule has 0 bridgehead atoms. The van der Waals surface area contributed by atoms with Crippen molar-refractivity contribution < 1.29 is 17.3 Å². The zero-order valence-corrected chi connectivity index (χ0v) is 14.4. The van der Waals surface area contributed by atoms with Crippen LogP contribution in [-0.2, 0) is 22.3 Å². The molecule has 1 N–H and O–H groups in total. The molecule has 0 fully saturated rings. The minimum atomic E-state index is -3.66. The number of nitrogens with zero attached hydrogens (tertiary/aromatic N) is 2. The van der Waals surface area contributed by atoms with Crippen molar-refractivity contribution in [3.63, 3.8) is 0 Å². The van der Waals surface area contributed by atoms with Crippen molar-refractivity contribution in [1.29, 1.82) is 0 Å². The number of hydrogen-bond acceptors (Lipinski definition) is 5. The normalized spacial score (nSPS) is 11.6. The van der Waals surface area contributed by atoms with Crippen molar-refractivity contribution in [2.45, 2.75) is 12.3 Å². The molecule has 2 aromatic carbocycles. The van der Waals surface area contributed by atoms with E-state index in [2.05, 4.69) is 14.9 Å². The van der Waals surface area contributed by atoms with E-state index in [0.29, 0.717) is 10.6 Å². The molecular formula is C16H13ClFN3O3S. The smallest absolute Gasteiger partial charge is 0.242 e. The minimum absolute atomic E-state index is 0.0287. The van der Waals surface area contributed by atoms with E-state index >= 15 is 0 Å². The average molecular weight is 382 g/mol. The summed E-state index contributed by atoms with van der Waals surface area (Å²) in [4.78, 5) is 4.00. The average Bonchev–Trinajstić information content (AvgIpc) is 3.04. The molecule has 9 heteroatoms. The molecule has 25 heavy (non-hydrogen) atoms. The molecule has 0 saturated heterocycles. The number of hydrogen-bond donors (Lipinski definition) is 1. The Morgan fingerprint density at radius 2 is 1.84 bits per heavy atom. The maximum atomic E-state index is 13.7. The largest absolute Gasteiger partial charge is 0.338 e. The fourth-order valence-electron chi connectivity index (χ4n) is 2.12. The second kappa shape index (κ2) is 7.30. The van der Waals surface area contributed by atoms with Crippen LogP contribution in [0.5, 0.6) is 0 Å². The van der Waals surface area contributed by atoms with Gasteiger partial charge < -0.3 is 4.52 Å². The van der Waals surface area contributed by atoms with Gasteiger partial charge in [0.25, 0.3) is 0 Å². The number of nitrogens with one attached hydrogen (secondary N) is 1. The molecule has 130 valence electrons.